The summed E-state index contributed by atoms with van der Waals surface area (Å²) in [6.07, 6.45) is 6.12. The van der Waals surface area contributed by atoms with Crippen LogP contribution in [0.2, 0.25) is 0 Å². The maximum absolute atomic E-state index is 14.2. The summed E-state index contributed by atoms with van der Waals surface area (Å²) in [4.78, 5) is 64.3. The van der Waals surface area contributed by atoms with E-state index in [1.165, 1.54) is 18.2 Å². The number of rotatable bonds is 7. The fourth-order valence-corrected chi connectivity index (χ4v) is 8.19. The number of benzene rings is 1. The number of nitrogens with zero attached hydrogens (tertiary/aromatic N) is 3. The van der Waals surface area contributed by atoms with Gasteiger partial charge in [-0.1, -0.05) is 32.4 Å². The van der Waals surface area contributed by atoms with Gasteiger partial charge < -0.3 is 30.1 Å². The second kappa shape index (κ2) is 13.3. The molecule has 15 nitrogen and oxygen atoms in total. The summed E-state index contributed by atoms with van der Waals surface area (Å²) in [7, 11) is -2.47. The van der Waals surface area contributed by atoms with Crippen molar-refractivity contribution in [2.24, 2.45) is 17.8 Å². The first-order chi connectivity index (χ1) is 23.6. The molecule has 2 aliphatic heterocycles. The second-order valence-electron chi connectivity index (χ2n) is 14.4. The molecule has 7 atom stereocenters. The van der Waals surface area contributed by atoms with Crippen molar-refractivity contribution in [3.8, 4) is 11.6 Å². The minimum absolute atomic E-state index is 0.00478. The molecule has 3 heterocycles. The number of allylic oxidation sites excluding steroid dienone is 1. The van der Waals surface area contributed by atoms with Crippen LogP contribution in [0.25, 0.3) is 11.0 Å². The number of sulfonamides is 1. The Balaban J connectivity index is 1.32. The zero-order valence-corrected chi connectivity index (χ0v) is 29.4. The number of aromatic nitrogens is 2. The molecule has 6 rings (SSSR count). The van der Waals surface area contributed by atoms with Crippen molar-refractivity contribution >= 4 is 44.9 Å². The van der Waals surface area contributed by atoms with Gasteiger partial charge in [0, 0.05) is 18.4 Å². The Labute approximate surface area is 290 Å². The molecular formula is C34H44N6O9S. The van der Waals surface area contributed by atoms with E-state index >= 15 is 0 Å². The first-order valence-electron chi connectivity index (χ1n) is 17.0. The first-order valence-corrected chi connectivity index (χ1v) is 18.5. The van der Waals surface area contributed by atoms with Gasteiger partial charge in [-0.2, -0.15) is 0 Å². The van der Waals surface area contributed by atoms with Gasteiger partial charge >= 0.3 is 6.09 Å². The molecule has 0 spiro atoms. The molecule has 4 amide bonds. The smallest absolute Gasteiger partial charge is 0.405 e. The van der Waals surface area contributed by atoms with E-state index in [-0.39, 0.29) is 31.2 Å². The fourth-order valence-electron chi connectivity index (χ4n) is 6.88. The number of fused-ring (bicyclic) bond motifs is 3. The third-order valence-electron chi connectivity index (χ3n) is 10.6. The minimum Gasteiger partial charge on any atom is -0.497 e. The Hall–Kier alpha value is -4.47. The Morgan fingerprint density at radius 1 is 1.12 bits per heavy atom. The third kappa shape index (κ3) is 7.07. The van der Waals surface area contributed by atoms with Gasteiger partial charge in [0.05, 0.1) is 35.6 Å². The van der Waals surface area contributed by atoms with Gasteiger partial charge in [-0.3, -0.25) is 19.1 Å². The Kier molecular flexibility index (Phi) is 9.43. The molecule has 0 unspecified atom stereocenters. The van der Waals surface area contributed by atoms with Gasteiger partial charge in [0.15, 0.2) is 0 Å². The van der Waals surface area contributed by atoms with E-state index in [1.54, 1.807) is 32.0 Å². The van der Waals surface area contributed by atoms with Crippen LogP contribution in [0.3, 0.4) is 0 Å². The SMILES string of the molecule is COc1ccc2ncc(O[C@@H]3C[C@H]4C(=O)N[C@]5(C(=O)NS(=O)(=O)C6(C)CC6)C[C@H]5/C=C\[C@H](C)CCC[C@@H](C)[C@H](NC(=O)O)C(=O)N4C3)nc2c1. The van der Waals surface area contributed by atoms with E-state index in [0.29, 0.717) is 42.5 Å². The number of nitrogens with one attached hydrogen (secondary N) is 3. The van der Waals surface area contributed by atoms with Crippen LogP contribution in [0.1, 0.15) is 65.7 Å². The lowest BCUT2D eigenvalue weighted by Gasteiger charge is -2.31. The van der Waals surface area contributed by atoms with Crippen LogP contribution in [0, 0.1) is 17.8 Å². The van der Waals surface area contributed by atoms with Gasteiger partial charge in [0.1, 0.15) is 29.5 Å². The van der Waals surface area contributed by atoms with Crippen molar-refractivity contribution in [3.63, 3.8) is 0 Å². The summed E-state index contributed by atoms with van der Waals surface area (Å²) in [6.45, 7) is 5.30. The van der Waals surface area contributed by atoms with Crippen molar-refractivity contribution < 1.29 is 42.2 Å². The molecule has 1 aromatic carbocycles. The number of ether oxygens (including phenoxy) is 2. The van der Waals surface area contributed by atoms with E-state index in [1.807, 2.05) is 19.1 Å². The van der Waals surface area contributed by atoms with E-state index in [2.05, 4.69) is 25.3 Å². The van der Waals surface area contributed by atoms with Crippen LogP contribution in [0.4, 0.5) is 4.79 Å². The van der Waals surface area contributed by atoms with E-state index < -0.39 is 74.1 Å². The van der Waals surface area contributed by atoms with Crippen LogP contribution in [0.15, 0.2) is 36.5 Å². The molecule has 16 heteroatoms. The summed E-state index contributed by atoms with van der Waals surface area (Å²) < 4.78 is 38.8. The van der Waals surface area contributed by atoms with Crippen molar-refractivity contribution in [1.29, 1.82) is 0 Å². The van der Waals surface area contributed by atoms with Crippen molar-refractivity contribution in [3.05, 3.63) is 36.5 Å². The predicted molar refractivity (Wildman–Crippen MR) is 181 cm³/mol. The largest absolute Gasteiger partial charge is 0.497 e. The van der Waals surface area contributed by atoms with Crippen LogP contribution >= 0.6 is 0 Å². The average molecular weight is 713 g/mol. The summed E-state index contributed by atoms with van der Waals surface area (Å²) in [5.74, 6) is -2.16. The molecule has 4 aliphatic rings. The number of hydrogen-bond donors (Lipinski definition) is 4. The lowest BCUT2D eigenvalue weighted by atomic mass is 9.92. The topological polar surface area (TPSA) is 206 Å². The molecule has 0 radical (unpaired) electrons. The van der Waals surface area contributed by atoms with Gasteiger partial charge in [-0.05, 0) is 63.0 Å². The summed E-state index contributed by atoms with van der Waals surface area (Å²) in [5, 5.41) is 14.9. The van der Waals surface area contributed by atoms with Gasteiger partial charge in [0.25, 0.3) is 5.91 Å². The fraction of sp³-hybridized carbons (Fsp3) is 0.588. The number of carbonyl (C=O) groups is 4. The number of hydrogen-bond acceptors (Lipinski definition) is 10. The van der Waals surface area contributed by atoms with E-state index in [4.69, 9.17) is 9.47 Å². The van der Waals surface area contributed by atoms with Crippen LogP contribution in [0.5, 0.6) is 11.6 Å². The van der Waals surface area contributed by atoms with Crippen molar-refractivity contribution in [1.82, 2.24) is 30.2 Å². The van der Waals surface area contributed by atoms with E-state index in [9.17, 15) is 32.7 Å². The summed E-state index contributed by atoms with van der Waals surface area (Å²) in [5.41, 5.74) is -0.436. The zero-order valence-electron chi connectivity index (χ0n) is 28.5. The maximum atomic E-state index is 14.2. The Morgan fingerprint density at radius 2 is 1.88 bits per heavy atom. The standard InChI is InChI=1S/C34H44N6O9S/c1-19-6-5-7-20(2)28(37-32(44)45)30(42)40-18-23(49-27-17-35-24-11-10-22(48-4)14-25(24)36-27)15-26(40)29(41)38-34(16-21(34)9-8-19)31(43)39-50(46,47)33(3)12-13-33/h8-11,14,17,19-21,23,26,28,37H,5-7,12-13,15-16,18H2,1-4H3,(H,38,41)(H,39,43)(H,44,45)/b9-8-/t19-,20-,21-,23-,26+,28+,34-/m1/s1. The number of amides is 4. The number of methoxy groups -OCH3 is 1. The molecule has 3 fully saturated rings. The molecule has 4 N–H and O–H groups in total. The highest BCUT2D eigenvalue weighted by molar-refractivity contribution is 7.91. The summed E-state index contributed by atoms with van der Waals surface area (Å²) in [6, 6.07) is 2.88. The van der Waals surface area contributed by atoms with Gasteiger partial charge in [-0.15, -0.1) is 0 Å². The van der Waals surface area contributed by atoms with Crippen LogP contribution in [-0.4, -0.2) is 94.3 Å². The molecule has 2 saturated carbocycles. The predicted octanol–water partition coefficient (Wildman–Crippen LogP) is 2.51. The highest BCUT2D eigenvalue weighted by Gasteiger charge is 2.63. The normalized spacial score (nSPS) is 31.6. The number of carbonyl (C=O) groups excluding carboxylic acids is 3. The second-order valence-corrected chi connectivity index (χ2v) is 16.6. The lowest BCUT2D eigenvalue weighted by molar-refractivity contribution is -0.142. The molecule has 270 valence electrons. The van der Waals surface area contributed by atoms with Gasteiger partial charge in [-0.25, -0.2) is 23.2 Å². The quantitative estimate of drug-likeness (QED) is 0.307. The third-order valence-corrected chi connectivity index (χ3v) is 12.7. The molecular weight excluding hydrogens is 668 g/mol. The molecule has 1 saturated heterocycles. The lowest BCUT2D eigenvalue weighted by Crippen LogP contribution is -2.59. The number of carboxylic acid groups (broad SMARTS) is 1. The monoisotopic (exact) mass is 712 g/mol. The van der Waals surface area contributed by atoms with Crippen molar-refractivity contribution in [2.75, 3.05) is 13.7 Å². The van der Waals surface area contributed by atoms with Gasteiger partial charge in [0.2, 0.25) is 27.7 Å². The minimum atomic E-state index is -4.00. The van der Waals surface area contributed by atoms with Crippen LogP contribution in [-0.2, 0) is 24.4 Å². The Bertz CT molecular complexity index is 1830. The zero-order chi connectivity index (χ0) is 36.0. The maximum Gasteiger partial charge on any atom is 0.405 e. The van der Waals surface area contributed by atoms with E-state index in [0.717, 1.165) is 6.42 Å². The molecule has 50 heavy (non-hydrogen) atoms. The highest BCUT2D eigenvalue weighted by Crippen LogP contribution is 2.47. The molecule has 2 aromatic rings. The molecule has 1 aromatic heterocycles. The first kappa shape index (κ1) is 35.4. The Morgan fingerprint density at radius 3 is 2.58 bits per heavy atom. The van der Waals surface area contributed by atoms with Crippen LogP contribution < -0.4 is 24.8 Å². The molecule has 2 aliphatic carbocycles. The van der Waals surface area contributed by atoms with Crippen molar-refractivity contribution in [2.45, 2.75) is 94.2 Å². The summed E-state index contributed by atoms with van der Waals surface area (Å²) >= 11 is 0. The molecule has 0 bridgehead atoms. The highest BCUT2D eigenvalue weighted by atomic mass is 32.2. The average Bonchev–Trinajstić information content (AvgIpc) is 3.95.